The zero-order valence-electron chi connectivity index (χ0n) is 4.24. The summed E-state index contributed by atoms with van der Waals surface area (Å²) in [5.74, 6) is 0. The summed E-state index contributed by atoms with van der Waals surface area (Å²) >= 11 is 1.26. The second-order valence-electron chi connectivity index (χ2n) is 1.43. The first-order chi connectivity index (χ1) is 3.93. The van der Waals surface area contributed by atoms with Gasteiger partial charge in [-0.15, -0.1) is 0 Å². The number of benzene rings is 1. The maximum absolute atomic E-state index is 4.05. The first-order valence-electron chi connectivity index (χ1n) is 2.32. The summed E-state index contributed by atoms with van der Waals surface area (Å²) in [6.45, 7) is 0. The van der Waals surface area contributed by atoms with Crippen LogP contribution in [0.15, 0.2) is 30.3 Å². The van der Waals surface area contributed by atoms with Gasteiger partial charge >= 0.3 is 58.8 Å². The van der Waals surface area contributed by atoms with Crippen LogP contribution in [0.2, 0.25) is 0 Å². The van der Waals surface area contributed by atoms with Crippen LogP contribution in [0, 0.1) is 0 Å². The zero-order chi connectivity index (χ0) is 5.82. The molecular weight excluding hydrogens is 270 g/mol. The maximum atomic E-state index is 4.05. The van der Waals surface area contributed by atoms with Crippen molar-refractivity contribution in [1.82, 2.24) is 0 Å². The Bertz CT molecular complexity index is 200. The molecule has 0 atom stereocenters. The molecule has 0 saturated heterocycles. The molecule has 0 aromatic heterocycles. The quantitative estimate of drug-likeness (QED) is 0.683. The van der Waals surface area contributed by atoms with E-state index in [-0.39, 0.29) is 0 Å². The van der Waals surface area contributed by atoms with Crippen LogP contribution in [0.3, 0.4) is 0 Å². The van der Waals surface area contributed by atoms with E-state index in [2.05, 4.69) is 3.31 Å². The fraction of sp³-hybridized carbons (Fsp3) is 0. The molecule has 1 nitrogen and oxygen atoms in total. The molecule has 0 bridgehead atoms. The molecule has 0 aliphatic rings. The SMILES string of the molecule is [W]#[N+]c1ccccc1. The fourth-order valence-corrected chi connectivity index (χ4v) is 0.926. The molecule has 0 spiro atoms. The number of rotatable bonds is 0. The van der Waals surface area contributed by atoms with Crippen LogP contribution in [0.25, 0.3) is 3.31 Å². The van der Waals surface area contributed by atoms with Gasteiger partial charge in [-0.3, -0.25) is 0 Å². The van der Waals surface area contributed by atoms with Gasteiger partial charge in [-0.1, -0.05) is 0 Å². The summed E-state index contributed by atoms with van der Waals surface area (Å²) in [7, 11) is 0. The first kappa shape index (κ1) is 5.75. The molecule has 1 rings (SSSR count). The standard InChI is InChI=1S/C6H5N.W/c7-6-4-2-1-3-5-6;/h1-5H;/q+1;. The molecule has 0 heterocycles. The van der Waals surface area contributed by atoms with Gasteiger partial charge in [0.2, 0.25) is 0 Å². The van der Waals surface area contributed by atoms with Crippen LogP contribution in [0.1, 0.15) is 0 Å². The van der Waals surface area contributed by atoms with Crippen LogP contribution in [-0.4, -0.2) is 0 Å². The predicted molar refractivity (Wildman–Crippen MR) is 29.5 cm³/mol. The molecule has 0 amide bonds. The normalized spacial score (nSPS) is 7.88. The van der Waals surface area contributed by atoms with Crippen molar-refractivity contribution in [2.45, 2.75) is 0 Å². The van der Waals surface area contributed by atoms with E-state index in [0.717, 1.165) is 5.69 Å². The van der Waals surface area contributed by atoms with Gasteiger partial charge in [-0.05, 0) is 0 Å². The van der Waals surface area contributed by atoms with E-state index in [1.165, 1.54) is 19.4 Å². The van der Waals surface area contributed by atoms with Gasteiger partial charge in [-0.25, -0.2) is 0 Å². The van der Waals surface area contributed by atoms with Gasteiger partial charge in [0.15, 0.2) is 0 Å². The van der Waals surface area contributed by atoms with Gasteiger partial charge in [0.05, 0.1) is 0 Å². The van der Waals surface area contributed by atoms with Crippen molar-refractivity contribution < 1.29 is 19.4 Å². The molecule has 0 saturated carbocycles. The zero-order valence-corrected chi connectivity index (χ0v) is 7.18. The van der Waals surface area contributed by atoms with Crippen molar-refractivity contribution in [2.24, 2.45) is 0 Å². The first-order valence-corrected chi connectivity index (χ1v) is 3.63. The van der Waals surface area contributed by atoms with E-state index in [9.17, 15) is 0 Å². The summed E-state index contributed by atoms with van der Waals surface area (Å²) in [6, 6.07) is 9.95. The van der Waals surface area contributed by atoms with Gasteiger partial charge in [0, 0.05) is 0 Å². The molecule has 0 radical (unpaired) electrons. The monoisotopic (exact) mass is 275 g/mol. The van der Waals surface area contributed by atoms with Gasteiger partial charge < -0.3 is 0 Å². The summed E-state index contributed by atoms with van der Waals surface area (Å²) in [5.41, 5.74) is 1.07. The Morgan fingerprint density at radius 3 is 2.12 bits per heavy atom. The van der Waals surface area contributed by atoms with Gasteiger partial charge in [-0.2, -0.15) is 0 Å². The van der Waals surface area contributed by atoms with E-state index in [0.29, 0.717) is 0 Å². The summed E-state index contributed by atoms with van der Waals surface area (Å²) in [6.07, 6.45) is 0. The van der Waals surface area contributed by atoms with Crippen molar-refractivity contribution in [3.05, 3.63) is 33.6 Å². The Labute approximate surface area is 59.1 Å². The average molecular weight is 275 g/mol. The Morgan fingerprint density at radius 1 is 1.12 bits per heavy atom. The second-order valence-corrected chi connectivity index (χ2v) is 2.08. The Balaban J connectivity index is 3.05. The molecule has 0 aliphatic carbocycles. The van der Waals surface area contributed by atoms with Crippen LogP contribution in [0.5, 0.6) is 0 Å². The molecule has 0 aliphatic heterocycles. The third-order valence-electron chi connectivity index (χ3n) is 0.862. The molecule has 1 aromatic carbocycles. The molecular formula is C6H5NW+. The Morgan fingerprint density at radius 2 is 1.75 bits per heavy atom. The second kappa shape index (κ2) is 2.81. The van der Waals surface area contributed by atoms with Crippen molar-refractivity contribution in [1.29, 1.82) is 0 Å². The molecule has 1 aromatic rings. The summed E-state index contributed by atoms with van der Waals surface area (Å²) < 4.78 is 4.05. The minimum absolute atomic E-state index is 1.07. The van der Waals surface area contributed by atoms with Gasteiger partial charge in [0.25, 0.3) is 0 Å². The van der Waals surface area contributed by atoms with E-state index >= 15 is 0 Å². The van der Waals surface area contributed by atoms with Crippen molar-refractivity contribution in [3.8, 4) is 0 Å². The van der Waals surface area contributed by atoms with E-state index in [1.807, 2.05) is 30.3 Å². The van der Waals surface area contributed by atoms with E-state index in [1.54, 1.807) is 0 Å². The molecule has 0 N–H and O–H groups in total. The third-order valence-corrected chi connectivity index (χ3v) is 1.62. The van der Waals surface area contributed by atoms with Crippen molar-refractivity contribution >= 4 is 5.69 Å². The summed E-state index contributed by atoms with van der Waals surface area (Å²) in [5, 5.41) is 0. The van der Waals surface area contributed by atoms with Crippen LogP contribution >= 0.6 is 0 Å². The molecule has 0 unspecified atom stereocenters. The molecule has 0 fully saturated rings. The van der Waals surface area contributed by atoms with E-state index in [4.69, 9.17) is 0 Å². The number of hydrogen-bond acceptors (Lipinski definition) is 0. The molecule has 8 heavy (non-hydrogen) atoms. The van der Waals surface area contributed by atoms with Crippen LogP contribution < -0.4 is 0 Å². The molecule has 39 valence electrons. The fourth-order valence-electron chi connectivity index (χ4n) is 0.489. The Hall–Kier alpha value is -0.382. The Kier molecular flexibility index (Phi) is 2.02. The van der Waals surface area contributed by atoms with Crippen molar-refractivity contribution in [2.75, 3.05) is 0 Å². The third kappa shape index (κ3) is 1.30. The predicted octanol–water partition coefficient (Wildman–Crippen LogP) is 2.15. The minimum atomic E-state index is 1.07. The molecule has 2 heteroatoms. The van der Waals surface area contributed by atoms with Crippen LogP contribution in [0.4, 0.5) is 5.69 Å². The van der Waals surface area contributed by atoms with Gasteiger partial charge in [0.1, 0.15) is 0 Å². The topological polar surface area (TPSA) is 4.36 Å². The number of nitrogens with zero attached hydrogens (tertiary/aromatic N) is 1. The average Bonchev–Trinajstić information content (AvgIpc) is 1.90. The van der Waals surface area contributed by atoms with Crippen LogP contribution in [-0.2, 0) is 19.4 Å². The van der Waals surface area contributed by atoms with E-state index < -0.39 is 0 Å². The summed E-state index contributed by atoms with van der Waals surface area (Å²) in [4.78, 5) is 0. The van der Waals surface area contributed by atoms with Crippen molar-refractivity contribution in [3.63, 3.8) is 0 Å². The number of hydrogen-bond donors (Lipinski definition) is 0.